The molecule has 2 nitrogen and oxygen atoms in total. The predicted molar refractivity (Wildman–Crippen MR) is 70.1 cm³/mol. The molecule has 17 heavy (non-hydrogen) atoms. The zero-order chi connectivity index (χ0) is 12.4. The summed E-state index contributed by atoms with van der Waals surface area (Å²) in [5, 5.41) is 0.435. The lowest BCUT2D eigenvalue weighted by molar-refractivity contribution is -0.0892. The molecule has 94 valence electrons. The molecule has 1 heterocycles. The Morgan fingerprint density at radius 1 is 1.24 bits per heavy atom. The first-order valence-electron chi connectivity index (χ1n) is 5.69. The fraction of sp³-hybridized carbons (Fsp3) is 0.538. The maximum absolute atomic E-state index is 6.43. The van der Waals surface area contributed by atoms with Crippen molar-refractivity contribution >= 4 is 23.2 Å². The van der Waals surface area contributed by atoms with Gasteiger partial charge in [0.1, 0.15) is 6.10 Å². The zero-order valence-corrected chi connectivity index (χ0v) is 11.5. The van der Waals surface area contributed by atoms with Gasteiger partial charge in [-0.3, -0.25) is 0 Å². The second-order valence-corrected chi connectivity index (χ2v) is 5.22. The van der Waals surface area contributed by atoms with Crippen LogP contribution in [0.3, 0.4) is 0 Å². The van der Waals surface area contributed by atoms with Gasteiger partial charge in [-0.25, -0.2) is 0 Å². The van der Waals surface area contributed by atoms with Crippen LogP contribution in [0.5, 0.6) is 0 Å². The minimum atomic E-state index is -0.262. The van der Waals surface area contributed by atoms with Gasteiger partial charge in [0.05, 0.1) is 25.2 Å². The van der Waals surface area contributed by atoms with E-state index < -0.39 is 0 Å². The topological polar surface area (TPSA) is 18.5 Å². The van der Waals surface area contributed by atoms with Crippen LogP contribution in [0.2, 0.25) is 5.02 Å². The van der Waals surface area contributed by atoms with Gasteiger partial charge in [-0.2, -0.15) is 0 Å². The van der Waals surface area contributed by atoms with Crippen LogP contribution in [-0.2, 0) is 9.47 Å². The van der Waals surface area contributed by atoms with E-state index in [9.17, 15) is 0 Å². The summed E-state index contributed by atoms with van der Waals surface area (Å²) in [7, 11) is 0. The van der Waals surface area contributed by atoms with Crippen molar-refractivity contribution in [3.8, 4) is 0 Å². The number of ether oxygens (including phenoxy) is 2. The zero-order valence-electron chi connectivity index (χ0n) is 10.0. The molecular formula is C13H16Cl2O2. The number of benzene rings is 1. The van der Waals surface area contributed by atoms with E-state index in [-0.39, 0.29) is 11.5 Å². The van der Waals surface area contributed by atoms with E-state index in [1.165, 1.54) is 11.1 Å². The molecule has 1 fully saturated rings. The van der Waals surface area contributed by atoms with Crippen molar-refractivity contribution in [1.29, 1.82) is 0 Å². The van der Waals surface area contributed by atoms with Gasteiger partial charge < -0.3 is 9.47 Å². The first-order chi connectivity index (χ1) is 8.09. The molecular weight excluding hydrogens is 259 g/mol. The Balaban J connectivity index is 2.23. The monoisotopic (exact) mass is 274 g/mol. The van der Waals surface area contributed by atoms with Crippen molar-refractivity contribution in [2.24, 2.45) is 0 Å². The Bertz CT molecular complexity index is 401. The number of hydrogen-bond acceptors (Lipinski definition) is 2. The molecule has 1 aromatic carbocycles. The predicted octanol–water partition coefficient (Wildman–Crippen LogP) is 3.65. The van der Waals surface area contributed by atoms with Crippen LogP contribution in [0, 0.1) is 13.8 Å². The standard InChI is InChI=1S/C13H16Cl2O2/c1-8-5-10(11(14)6-9(8)2)13(15)12-7-16-3-4-17-12/h5-6,12-13H,3-4,7H2,1-2H3. The lowest BCUT2D eigenvalue weighted by Crippen LogP contribution is -2.32. The summed E-state index contributed by atoms with van der Waals surface area (Å²) in [6.07, 6.45) is -0.120. The van der Waals surface area contributed by atoms with Crippen molar-refractivity contribution in [2.75, 3.05) is 19.8 Å². The molecule has 2 atom stereocenters. The first kappa shape index (κ1) is 13.2. The van der Waals surface area contributed by atoms with E-state index in [0.717, 1.165) is 5.56 Å². The van der Waals surface area contributed by atoms with E-state index in [0.29, 0.717) is 24.8 Å². The summed E-state index contributed by atoms with van der Waals surface area (Å²) in [6, 6.07) is 3.98. The van der Waals surface area contributed by atoms with Crippen LogP contribution in [0.25, 0.3) is 0 Å². The summed E-state index contributed by atoms with van der Waals surface area (Å²) in [5.74, 6) is 0. The van der Waals surface area contributed by atoms with Gasteiger partial charge in [0.15, 0.2) is 0 Å². The lowest BCUT2D eigenvalue weighted by Gasteiger charge is -2.27. The van der Waals surface area contributed by atoms with Gasteiger partial charge in [-0.15, -0.1) is 11.6 Å². The van der Waals surface area contributed by atoms with E-state index in [4.69, 9.17) is 32.7 Å². The van der Waals surface area contributed by atoms with Crippen molar-refractivity contribution in [3.63, 3.8) is 0 Å². The molecule has 0 bridgehead atoms. The molecule has 0 N–H and O–H groups in total. The molecule has 0 amide bonds. The maximum Gasteiger partial charge on any atom is 0.101 e. The molecule has 4 heteroatoms. The molecule has 0 saturated carbocycles. The van der Waals surface area contributed by atoms with Gasteiger partial charge in [0.2, 0.25) is 0 Å². The smallest absolute Gasteiger partial charge is 0.101 e. The van der Waals surface area contributed by atoms with Crippen LogP contribution in [0.15, 0.2) is 12.1 Å². The van der Waals surface area contributed by atoms with Crippen LogP contribution < -0.4 is 0 Å². The summed E-state index contributed by atoms with van der Waals surface area (Å²) in [5.41, 5.74) is 3.28. The van der Waals surface area contributed by atoms with Crippen molar-refractivity contribution in [2.45, 2.75) is 25.3 Å². The van der Waals surface area contributed by atoms with Gasteiger partial charge in [0.25, 0.3) is 0 Å². The summed E-state index contributed by atoms with van der Waals surface area (Å²) >= 11 is 12.7. The molecule has 1 aromatic rings. The first-order valence-corrected chi connectivity index (χ1v) is 6.51. The van der Waals surface area contributed by atoms with Crippen LogP contribution in [0.1, 0.15) is 22.1 Å². The van der Waals surface area contributed by atoms with Crippen molar-refractivity contribution in [1.82, 2.24) is 0 Å². The summed E-state index contributed by atoms with van der Waals surface area (Å²) in [6.45, 7) is 5.85. The minimum Gasteiger partial charge on any atom is -0.376 e. The quantitative estimate of drug-likeness (QED) is 0.767. The highest BCUT2D eigenvalue weighted by atomic mass is 35.5. The molecule has 0 aromatic heterocycles. The Morgan fingerprint density at radius 3 is 2.59 bits per heavy atom. The Labute approximate surface area is 112 Å². The average Bonchev–Trinajstić information content (AvgIpc) is 2.34. The average molecular weight is 275 g/mol. The number of aryl methyl sites for hydroxylation is 2. The Hall–Kier alpha value is -0.280. The van der Waals surface area contributed by atoms with Gasteiger partial charge in [-0.1, -0.05) is 17.7 Å². The second-order valence-electron chi connectivity index (χ2n) is 4.34. The van der Waals surface area contributed by atoms with Crippen molar-refractivity contribution < 1.29 is 9.47 Å². The molecule has 2 rings (SSSR count). The maximum atomic E-state index is 6.43. The van der Waals surface area contributed by atoms with Gasteiger partial charge in [-0.05, 0) is 36.6 Å². The largest absolute Gasteiger partial charge is 0.376 e. The normalized spacial score (nSPS) is 22.5. The van der Waals surface area contributed by atoms with E-state index in [1.54, 1.807) is 0 Å². The highest BCUT2D eigenvalue weighted by molar-refractivity contribution is 6.33. The third kappa shape index (κ3) is 2.94. The SMILES string of the molecule is Cc1cc(Cl)c(C(Cl)C2COCCO2)cc1C. The third-order valence-electron chi connectivity index (χ3n) is 3.08. The fourth-order valence-electron chi connectivity index (χ4n) is 1.89. The molecule has 2 unspecified atom stereocenters. The number of rotatable bonds is 2. The Kier molecular flexibility index (Phi) is 4.31. The van der Waals surface area contributed by atoms with Crippen molar-refractivity contribution in [3.05, 3.63) is 33.8 Å². The highest BCUT2D eigenvalue weighted by Crippen LogP contribution is 2.34. The lowest BCUT2D eigenvalue weighted by atomic mass is 10.0. The van der Waals surface area contributed by atoms with E-state index >= 15 is 0 Å². The summed E-state index contributed by atoms with van der Waals surface area (Å²) in [4.78, 5) is 0. The molecule has 1 aliphatic heterocycles. The van der Waals surface area contributed by atoms with Gasteiger partial charge in [0, 0.05) is 5.02 Å². The summed E-state index contributed by atoms with van der Waals surface area (Å²) < 4.78 is 11.0. The van der Waals surface area contributed by atoms with Crippen LogP contribution >= 0.6 is 23.2 Å². The minimum absolute atomic E-state index is 0.120. The van der Waals surface area contributed by atoms with Crippen LogP contribution in [-0.4, -0.2) is 25.9 Å². The highest BCUT2D eigenvalue weighted by Gasteiger charge is 2.26. The van der Waals surface area contributed by atoms with E-state index in [2.05, 4.69) is 6.92 Å². The number of halogens is 2. The molecule has 1 aliphatic rings. The molecule has 1 saturated heterocycles. The number of alkyl halides is 1. The van der Waals surface area contributed by atoms with Gasteiger partial charge >= 0.3 is 0 Å². The third-order valence-corrected chi connectivity index (χ3v) is 3.92. The van der Waals surface area contributed by atoms with E-state index in [1.807, 2.05) is 19.1 Å². The molecule has 0 spiro atoms. The Morgan fingerprint density at radius 2 is 1.94 bits per heavy atom. The molecule has 0 radical (unpaired) electrons. The number of hydrogen-bond donors (Lipinski definition) is 0. The fourth-order valence-corrected chi connectivity index (χ4v) is 2.61. The van der Waals surface area contributed by atoms with Crippen LogP contribution in [0.4, 0.5) is 0 Å². The second kappa shape index (κ2) is 5.57. The molecule has 0 aliphatic carbocycles.